The van der Waals surface area contributed by atoms with E-state index in [1.165, 1.54) is 63.1 Å². The highest BCUT2D eigenvalue weighted by Gasteiger charge is 2.51. The molecule has 0 aliphatic carbocycles. The van der Waals surface area contributed by atoms with Crippen molar-refractivity contribution in [3.05, 3.63) is 207 Å². The van der Waals surface area contributed by atoms with Crippen molar-refractivity contribution in [2.75, 3.05) is 0 Å². The summed E-state index contributed by atoms with van der Waals surface area (Å²) in [4.78, 5) is 11.3. The minimum atomic E-state index is -2.93. The quantitative estimate of drug-likeness (QED) is 0.119. The van der Waals surface area contributed by atoms with Crippen molar-refractivity contribution in [2.24, 2.45) is 0 Å². The maximum Gasteiger partial charge on any atom is 0.203 e. The lowest BCUT2D eigenvalue weighted by atomic mass is 10.0. The molecule has 0 unspecified atom stereocenters. The van der Waals surface area contributed by atoms with Crippen LogP contribution in [0.2, 0.25) is 0 Å². The lowest BCUT2D eigenvalue weighted by molar-refractivity contribution is 1.15. The number of allylic oxidation sites excluding steroid dienone is 5. The second-order valence-corrected chi connectivity index (χ2v) is 19.7. The highest BCUT2D eigenvalue weighted by molar-refractivity contribution is 7.26. The SMILES string of the molecule is C=C/C=C(\C=C(/C)n1c2ccccc2c2c3c(ccc21)sc1ccccc13)c1nc(-c2ccccc2)c2c(n1)[Si](c1ccccc1)(c1ccccc1)c1ccccc1-2. The average molecular weight is 776 g/mol. The van der Waals surface area contributed by atoms with Crippen LogP contribution >= 0.6 is 11.3 Å². The Morgan fingerprint density at radius 3 is 1.98 bits per heavy atom. The van der Waals surface area contributed by atoms with Gasteiger partial charge in [0, 0.05) is 53.3 Å². The molecule has 0 spiro atoms. The van der Waals surface area contributed by atoms with Gasteiger partial charge in [0.25, 0.3) is 0 Å². The molecule has 3 aromatic heterocycles. The fraction of sp³-hybridized carbons (Fsp3) is 0.0189. The number of rotatable bonds is 7. The molecule has 0 N–H and O–H groups in total. The van der Waals surface area contributed by atoms with Crippen LogP contribution in [0, 0.1) is 0 Å². The maximum atomic E-state index is 5.79. The molecule has 0 atom stereocenters. The monoisotopic (exact) mass is 775 g/mol. The Bertz CT molecular complexity index is 3260. The fourth-order valence-corrected chi connectivity index (χ4v) is 15.6. The molecule has 0 amide bonds. The first-order chi connectivity index (χ1) is 28.7. The predicted octanol–water partition coefficient (Wildman–Crippen LogP) is 11.1. The number of para-hydroxylation sites is 1. The molecule has 4 heterocycles. The van der Waals surface area contributed by atoms with Gasteiger partial charge in [-0.15, -0.1) is 11.3 Å². The van der Waals surface area contributed by atoms with E-state index in [2.05, 4.69) is 206 Å². The summed E-state index contributed by atoms with van der Waals surface area (Å²) in [6, 6.07) is 63.8. The van der Waals surface area contributed by atoms with Crippen LogP contribution in [-0.4, -0.2) is 22.6 Å². The summed E-state index contributed by atoms with van der Waals surface area (Å²) < 4.78 is 5.01. The Morgan fingerprint density at radius 2 is 1.24 bits per heavy atom. The normalized spacial score (nSPS) is 13.7. The van der Waals surface area contributed by atoms with Crippen LogP contribution in [0.4, 0.5) is 0 Å². The van der Waals surface area contributed by atoms with Crippen molar-refractivity contribution in [3.8, 4) is 22.4 Å². The van der Waals surface area contributed by atoms with Gasteiger partial charge in [0.05, 0.1) is 22.0 Å². The van der Waals surface area contributed by atoms with Crippen molar-refractivity contribution < 1.29 is 0 Å². The molecule has 7 aromatic carbocycles. The standard InChI is InChI=1S/C53H37N3SSi/c1-3-19-37(34-35(2)56-43-29-16-13-26-40(43)48-44(56)32-33-46-49(48)41-27-14-17-30-45(41)57-46)52-54-51(36-20-7-4-8-21-36)50-42-28-15-18-31-47(42)58(53(50)55-52,38-22-9-5-10-23-38)39-24-11-6-12-25-39/h3-34H,1H2,2H3/b35-34+,37-19+. The summed E-state index contributed by atoms with van der Waals surface area (Å²) in [5, 5.41) is 10.2. The van der Waals surface area contributed by atoms with Gasteiger partial charge in [0.2, 0.25) is 8.07 Å². The zero-order valence-corrected chi connectivity index (χ0v) is 33.7. The van der Waals surface area contributed by atoms with Gasteiger partial charge in [-0.1, -0.05) is 170 Å². The first-order valence-electron chi connectivity index (χ1n) is 19.7. The highest BCUT2D eigenvalue weighted by atomic mass is 32.1. The third-order valence-electron chi connectivity index (χ3n) is 11.8. The lowest BCUT2D eigenvalue weighted by Crippen LogP contribution is -2.73. The van der Waals surface area contributed by atoms with Crippen molar-refractivity contribution in [2.45, 2.75) is 6.92 Å². The molecule has 1 aliphatic rings. The third-order valence-corrected chi connectivity index (χ3v) is 17.6. The van der Waals surface area contributed by atoms with Gasteiger partial charge in [-0.3, -0.25) is 0 Å². The zero-order valence-electron chi connectivity index (χ0n) is 31.9. The number of thiophene rings is 1. The van der Waals surface area contributed by atoms with Gasteiger partial charge in [-0.25, -0.2) is 9.97 Å². The first-order valence-corrected chi connectivity index (χ1v) is 22.5. The number of benzene rings is 7. The van der Waals surface area contributed by atoms with E-state index in [0.717, 1.165) is 33.4 Å². The van der Waals surface area contributed by atoms with E-state index in [-0.39, 0.29) is 0 Å². The summed E-state index contributed by atoms with van der Waals surface area (Å²) in [6.45, 7) is 6.41. The van der Waals surface area contributed by atoms with E-state index in [4.69, 9.17) is 9.97 Å². The average Bonchev–Trinajstić information content (AvgIpc) is 3.93. The summed E-state index contributed by atoms with van der Waals surface area (Å²) in [7, 11) is -2.93. The van der Waals surface area contributed by atoms with Crippen LogP contribution in [-0.2, 0) is 0 Å². The smallest absolute Gasteiger partial charge is 0.203 e. The molecule has 0 radical (unpaired) electrons. The van der Waals surface area contributed by atoms with Crippen LogP contribution in [0.5, 0.6) is 0 Å². The van der Waals surface area contributed by atoms with Gasteiger partial charge in [0.1, 0.15) is 0 Å². The molecule has 10 aromatic rings. The molecule has 11 rings (SSSR count). The summed E-state index contributed by atoms with van der Waals surface area (Å²) >= 11 is 1.86. The van der Waals surface area contributed by atoms with Crippen LogP contribution in [0.3, 0.4) is 0 Å². The van der Waals surface area contributed by atoms with E-state index in [1.54, 1.807) is 0 Å². The van der Waals surface area contributed by atoms with E-state index >= 15 is 0 Å². The first kappa shape index (κ1) is 34.3. The van der Waals surface area contributed by atoms with Crippen LogP contribution < -0.4 is 20.9 Å². The second-order valence-electron chi connectivity index (χ2n) is 14.9. The fourth-order valence-electron chi connectivity index (χ4n) is 9.46. The molecule has 0 fully saturated rings. The van der Waals surface area contributed by atoms with Crippen molar-refractivity contribution in [1.82, 2.24) is 14.5 Å². The Kier molecular flexibility index (Phi) is 8.07. The van der Waals surface area contributed by atoms with E-state index in [0.29, 0.717) is 5.82 Å². The van der Waals surface area contributed by atoms with Gasteiger partial charge in [-0.2, -0.15) is 0 Å². The van der Waals surface area contributed by atoms with E-state index in [1.807, 2.05) is 17.4 Å². The predicted molar refractivity (Wildman–Crippen MR) is 251 cm³/mol. The summed E-state index contributed by atoms with van der Waals surface area (Å²) in [5.74, 6) is 0.681. The van der Waals surface area contributed by atoms with Crippen LogP contribution in [0.25, 0.3) is 75.6 Å². The van der Waals surface area contributed by atoms with Crippen molar-refractivity contribution in [3.63, 3.8) is 0 Å². The number of aromatic nitrogens is 3. The number of hydrogen-bond donors (Lipinski definition) is 0. The number of hydrogen-bond acceptors (Lipinski definition) is 3. The molecule has 0 saturated carbocycles. The van der Waals surface area contributed by atoms with Gasteiger partial charge >= 0.3 is 0 Å². The molecule has 274 valence electrons. The number of nitrogens with zero attached hydrogens (tertiary/aromatic N) is 3. The summed E-state index contributed by atoms with van der Waals surface area (Å²) in [6.07, 6.45) is 6.17. The molecule has 5 heteroatoms. The molecular formula is C53H37N3SSi. The van der Waals surface area contributed by atoms with Crippen LogP contribution in [0.15, 0.2) is 201 Å². The summed E-state index contributed by atoms with van der Waals surface area (Å²) in [5.41, 5.74) is 8.66. The minimum absolute atomic E-state index is 0.681. The van der Waals surface area contributed by atoms with E-state index in [9.17, 15) is 0 Å². The Balaban J connectivity index is 1.20. The molecule has 0 saturated heterocycles. The number of fused-ring (bicyclic) bond motifs is 10. The van der Waals surface area contributed by atoms with Gasteiger partial charge in [-0.05, 0) is 58.4 Å². The topological polar surface area (TPSA) is 30.7 Å². The molecular weight excluding hydrogens is 739 g/mol. The second kappa shape index (κ2) is 13.6. The van der Waals surface area contributed by atoms with Gasteiger partial charge < -0.3 is 4.57 Å². The molecule has 3 nitrogen and oxygen atoms in total. The molecule has 58 heavy (non-hydrogen) atoms. The zero-order chi connectivity index (χ0) is 38.8. The largest absolute Gasteiger partial charge is 0.313 e. The molecule has 0 bridgehead atoms. The van der Waals surface area contributed by atoms with Gasteiger partial charge in [0.15, 0.2) is 5.82 Å². The van der Waals surface area contributed by atoms with E-state index < -0.39 is 8.07 Å². The Morgan fingerprint density at radius 1 is 0.603 bits per heavy atom. The minimum Gasteiger partial charge on any atom is -0.313 e. The third kappa shape index (κ3) is 5.04. The maximum absolute atomic E-state index is 5.79. The van der Waals surface area contributed by atoms with Crippen molar-refractivity contribution in [1.29, 1.82) is 0 Å². The van der Waals surface area contributed by atoms with Crippen LogP contribution in [0.1, 0.15) is 12.7 Å². The lowest BCUT2D eigenvalue weighted by Gasteiger charge is -2.30. The highest BCUT2D eigenvalue weighted by Crippen LogP contribution is 2.43. The Labute approximate surface area is 342 Å². The molecule has 1 aliphatic heterocycles. The Hall–Kier alpha value is -6.92. The van der Waals surface area contributed by atoms with Crippen molar-refractivity contribution >= 4 is 93.5 Å².